The highest BCUT2D eigenvalue weighted by Crippen LogP contribution is 2.13. The zero-order valence-corrected chi connectivity index (χ0v) is 9.66. The number of rotatable bonds is 1. The third kappa shape index (κ3) is 1.57. The fourth-order valence-electron chi connectivity index (χ4n) is 1.36. The van der Waals surface area contributed by atoms with E-state index in [4.69, 9.17) is 0 Å². The molecule has 3 heterocycles. The molecule has 5 nitrogen and oxygen atoms in total. The van der Waals surface area contributed by atoms with Crippen LogP contribution in [0.1, 0.15) is 0 Å². The first-order valence-electron chi connectivity index (χ1n) is 4.62. The number of hydrogen-bond acceptors (Lipinski definition) is 4. The van der Waals surface area contributed by atoms with Gasteiger partial charge in [-0.05, 0) is 28.1 Å². The normalized spacial score (nSPS) is 10.8. The average molecular weight is 276 g/mol. The molecule has 0 aromatic carbocycles. The van der Waals surface area contributed by atoms with Gasteiger partial charge in [0.05, 0.1) is 4.47 Å². The minimum absolute atomic E-state index is 0.559. The van der Waals surface area contributed by atoms with Crippen LogP contribution in [0.3, 0.4) is 0 Å². The van der Waals surface area contributed by atoms with Crippen LogP contribution in [0.15, 0.2) is 41.3 Å². The monoisotopic (exact) mass is 275 g/mol. The van der Waals surface area contributed by atoms with Gasteiger partial charge >= 0.3 is 0 Å². The molecule has 16 heavy (non-hydrogen) atoms. The van der Waals surface area contributed by atoms with Gasteiger partial charge in [0, 0.05) is 18.6 Å². The highest BCUT2D eigenvalue weighted by molar-refractivity contribution is 9.10. The quantitative estimate of drug-likeness (QED) is 0.681. The Balaban J connectivity index is 2.19. The van der Waals surface area contributed by atoms with Crippen LogP contribution in [-0.2, 0) is 0 Å². The molecule has 0 N–H and O–H groups in total. The Bertz CT molecular complexity index is 634. The molecule has 6 heteroatoms. The predicted molar refractivity (Wildman–Crippen MR) is 61.7 cm³/mol. The smallest absolute Gasteiger partial charge is 0.252 e. The zero-order valence-electron chi connectivity index (χ0n) is 8.08. The molecule has 0 aliphatic rings. The van der Waals surface area contributed by atoms with E-state index in [1.165, 1.54) is 0 Å². The largest absolute Gasteiger partial charge is 0.253 e. The first kappa shape index (κ1) is 9.41. The van der Waals surface area contributed by atoms with Gasteiger partial charge in [0.15, 0.2) is 0 Å². The van der Waals surface area contributed by atoms with Crippen LogP contribution in [0.2, 0.25) is 0 Å². The minimum atomic E-state index is 0.559. The van der Waals surface area contributed by atoms with E-state index >= 15 is 0 Å². The molecule has 0 bridgehead atoms. The molecule has 3 aromatic heterocycles. The number of halogens is 1. The number of hydrogen-bond donors (Lipinski definition) is 0. The van der Waals surface area contributed by atoms with Gasteiger partial charge in [-0.1, -0.05) is 6.07 Å². The summed E-state index contributed by atoms with van der Waals surface area (Å²) < 4.78 is 2.48. The summed E-state index contributed by atoms with van der Waals surface area (Å²) in [4.78, 5) is 12.6. The summed E-state index contributed by atoms with van der Waals surface area (Å²) in [5.41, 5.74) is 0.740. The second-order valence-electron chi connectivity index (χ2n) is 3.17. The number of fused-ring (bicyclic) bond motifs is 1. The summed E-state index contributed by atoms with van der Waals surface area (Å²) >= 11 is 3.33. The molecular weight excluding hydrogens is 270 g/mol. The fourth-order valence-corrected chi connectivity index (χ4v) is 1.66. The molecule has 0 amide bonds. The van der Waals surface area contributed by atoms with Crippen molar-refractivity contribution in [2.45, 2.75) is 0 Å². The van der Waals surface area contributed by atoms with Gasteiger partial charge in [-0.25, -0.2) is 9.50 Å². The molecule has 0 spiro atoms. The van der Waals surface area contributed by atoms with E-state index in [1.807, 2.05) is 24.4 Å². The molecule has 3 rings (SSSR count). The Morgan fingerprint density at radius 2 is 2.12 bits per heavy atom. The Morgan fingerprint density at radius 1 is 1.19 bits per heavy atom. The van der Waals surface area contributed by atoms with Crippen LogP contribution >= 0.6 is 15.9 Å². The molecule has 78 valence electrons. The molecule has 0 saturated heterocycles. The maximum Gasteiger partial charge on any atom is 0.252 e. The molecule has 3 aromatic rings. The lowest BCUT2D eigenvalue weighted by Crippen LogP contribution is -1.89. The second kappa shape index (κ2) is 3.64. The molecule has 0 atom stereocenters. The van der Waals surface area contributed by atoms with Crippen molar-refractivity contribution in [3.63, 3.8) is 0 Å². The highest BCUT2D eigenvalue weighted by atomic mass is 79.9. The van der Waals surface area contributed by atoms with Crippen LogP contribution in [-0.4, -0.2) is 24.6 Å². The Kier molecular flexibility index (Phi) is 2.14. The van der Waals surface area contributed by atoms with Crippen molar-refractivity contribution in [3.8, 4) is 11.5 Å². The summed E-state index contributed by atoms with van der Waals surface area (Å²) in [6, 6.07) is 5.62. The zero-order chi connectivity index (χ0) is 11.0. The molecule has 0 saturated carbocycles. The molecular formula is C10H6BrN5. The van der Waals surface area contributed by atoms with Gasteiger partial charge in [0.1, 0.15) is 5.69 Å². The van der Waals surface area contributed by atoms with E-state index in [9.17, 15) is 0 Å². The highest BCUT2D eigenvalue weighted by Gasteiger charge is 2.07. The van der Waals surface area contributed by atoms with Crippen molar-refractivity contribution in [2.75, 3.05) is 0 Å². The average Bonchev–Trinajstić information content (AvgIpc) is 2.73. The second-order valence-corrected chi connectivity index (χ2v) is 4.08. The molecule has 0 fully saturated rings. The number of pyridine rings is 1. The standard InChI is InChI=1S/C10H6BrN5/c11-7-5-13-10-14-9(15-16(10)6-7)8-3-1-2-4-12-8/h1-6H. The van der Waals surface area contributed by atoms with Gasteiger partial charge in [-0.2, -0.15) is 4.98 Å². The lowest BCUT2D eigenvalue weighted by Gasteiger charge is -1.90. The summed E-state index contributed by atoms with van der Waals surface area (Å²) in [5.74, 6) is 1.13. The van der Waals surface area contributed by atoms with Gasteiger partial charge in [-0.15, -0.1) is 5.10 Å². The van der Waals surface area contributed by atoms with Crippen molar-refractivity contribution in [1.29, 1.82) is 0 Å². The van der Waals surface area contributed by atoms with E-state index in [0.29, 0.717) is 11.6 Å². The van der Waals surface area contributed by atoms with E-state index in [-0.39, 0.29) is 0 Å². The summed E-state index contributed by atoms with van der Waals surface area (Å²) in [7, 11) is 0. The lowest BCUT2D eigenvalue weighted by molar-refractivity contribution is 0.934. The van der Waals surface area contributed by atoms with Crippen molar-refractivity contribution >= 4 is 21.7 Å². The van der Waals surface area contributed by atoms with Crippen molar-refractivity contribution < 1.29 is 0 Å². The lowest BCUT2D eigenvalue weighted by atomic mass is 10.3. The van der Waals surface area contributed by atoms with Crippen LogP contribution in [0, 0.1) is 0 Å². The topological polar surface area (TPSA) is 56.0 Å². The van der Waals surface area contributed by atoms with Crippen LogP contribution < -0.4 is 0 Å². The van der Waals surface area contributed by atoms with Crippen LogP contribution in [0.4, 0.5) is 0 Å². The van der Waals surface area contributed by atoms with Crippen molar-refractivity contribution in [2.24, 2.45) is 0 Å². The summed E-state index contributed by atoms with van der Waals surface area (Å²) in [5, 5.41) is 4.29. The predicted octanol–water partition coefficient (Wildman–Crippen LogP) is 1.95. The van der Waals surface area contributed by atoms with Crippen LogP contribution in [0.25, 0.3) is 17.3 Å². The minimum Gasteiger partial charge on any atom is -0.253 e. The molecule has 0 aliphatic carbocycles. The van der Waals surface area contributed by atoms with E-state index in [2.05, 4.69) is 36.0 Å². The van der Waals surface area contributed by atoms with Crippen LogP contribution in [0.5, 0.6) is 0 Å². The maximum atomic E-state index is 4.29. The number of nitrogens with zero attached hydrogens (tertiary/aromatic N) is 5. The number of aromatic nitrogens is 5. The summed E-state index contributed by atoms with van der Waals surface area (Å²) in [6.07, 6.45) is 5.21. The summed E-state index contributed by atoms with van der Waals surface area (Å²) in [6.45, 7) is 0. The Morgan fingerprint density at radius 3 is 2.94 bits per heavy atom. The molecule has 0 unspecified atom stereocenters. The van der Waals surface area contributed by atoms with Gasteiger partial charge in [0.2, 0.25) is 5.82 Å². The molecule has 0 aliphatic heterocycles. The third-order valence-electron chi connectivity index (χ3n) is 2.06. The first-order chi connectivity index (χ1) is 7.83. The Labute approximate surface area is 99.3 Å². The van der Waals surface area contributed by atoms with Crippen molar-refractivity contribution in [1.82, 2.24) is 24.6 Å². The first-order valence-corrected chi connectivity index (χ1v) is 5.41. The third-order valence-corrected chi connectivity index (χ3v) is 2.47. The Hall–Kier alpha value is -1.82. The maximum absolute atomic E-state index is 4.29. The fraction of sp³-hybridized carbons (Fsp3) is 0. The van der Waals surface area contributed by atoms with E-state index < -0.39 is 0 Å². The van der Waals surface area contributed by atoms with Gasteiger partial charge in [0.25, 0.3) is 5.78 Å². The van der Waals surface area contributed by atoms with Gasteiger partial charge < -0.3 is 0 Å². The molecule has 0 radical (unpaired) electrons. The van der Waals surface area contributed by atoms with E-state index in [0.717, 1.165) is 10.2 Å². The van der Waals surface area contributed by atoms with Gasteiger partial charge in [-0.3, -0.25) is 4.98 Å². The van der Waals surface area contributed by atoms with Crippen molar-refractivity contribution in [3.05, 3.63) is 41.3 Å². The van der Waals surface area contributed by atoms with E-state index in [1.54, 1.807) is 16.9 Å². The SMILES string of the molecule is Brc1cnc2nc(-c3ccccn3)nn2c1.